The summed E-state index contributed by atoms with van der Waals surface area (Å²) in [5.74, 6) is 1.98. The molecule has 0 amide bonds. The smallest absolute Gasteiger partial charge is 0.191 e. The second-order valence-electron chi connectivity index (χ2n) is 6.93. The summed E-state index contributed by atoms with van der Waals surface area (Å²) in [4.78, 5) is 4.60. The number of benzene rings is 1. The van der Waals surface area contributed by atoms with E-state index in [9.17, 15) is 5.11 Å². The van der Waals surface area contributed by atoms with E-state index < -0.39 is 6.10 Å². The lowest BCUT2D eigenvalue weighted by Crippen LogP contribution is -2.39. The van der Waals surface area contributed by atoms with Gasteiger partial charge in [-0.1, -0.05) is 18.2 Å². The van der Waals surface area contributed by atoms with Crippen LogP contribution in [0.1, 0.15) is 45.1 Å². The van der Waals surface area contributed by atoms with Crippen LogP contribution < -0.4 is 15.4 Å². The van der Waals surface area contributed by atoms with E-state index in [4.69, 9.17) is 9.15 Å². The molecule has 2 rings (SSSR count). The quantitative estimate of drug-likeness (QED) is 0.522. The molecule has 0 aliphatic carbocycles. The molecule has 26 heavy (non-hydrogen) atoms. The Morgan fingerprint density at radius 1 is 1.19 bits per heavy atom. The van der Waals surface area contributed by atoms with Gasteiger partial charge in [0.05, 0.1) is 19.4 Å². The first-order valence-electron chi connectivity index (χ1n) is 8.89. The van der Waals surface area contributed by atoms with Crippen molar-refractivity contribution in [1.82, 2.24) is 10.6 Å². The van der Waals surface area contributed by atoms with E-state index in [0.29, 0.717) is 24.8 Å². The largest absolute Gasteiger partial charge is 0.488 e. The number of nitrogens with one attached hydrogen (secondary N) is 2. The molecule has 0 saturated carbocycles. The average Bonchev–Trinajstić information content (AvgIpc) is 3.11. The number of rotatable bonds is 7. The predicted octanol–water partition coefficient (Wildman–Crippen LogP) is 3.25. The van der Waals surface area contributed by atoms with E-state index in [0.717, 1.165) is 17.9 Å². The number of guanidine groups is 1. The van der Waals surface area contributed by atoms with Gasteiger partial charge in [0.1, 0.15) is 23.2 Å². The van der Waals surface area contributed by atoms with Gasteiger partial charge in [-0.25, -0.2) is 4.99 Å². The van der Waals surface area contributed by atoms with Gasteiger partial charge < -0.3 is 24.9 Å². The van der Waals surface area contributed by atoms with Gasteiger partial charge in [-0.2, -0.15) is 0 Å². The van der Waals surface area contributed by atoms with Gasteiger partial charge in [-0.05, 0) is 45.9 Å². The molecule has 0 fully saturated rings. The lowest BCUT2D eigenvalue weighted by atomic mass is 10.1. The minimum atomic E-state index is -0.731. The minimum Gasteiger partial charge on any atom is -0.488 e. The summed E-state index contributed by atoms with van der Waals surface area (Å²) in [7, 11) is 0. The molecule has 1 aromatic heterocycles. The number of aliphatic hydroxyl groups is 1. The fourth-order valence-electron chi connectivity index (χ4n) is 2.34. The average molecular weight is 359 g/mol. The van der Waals surface area contributed by atoms with Crippen molar-refractivity contribution in [2.24, 2.45) is 4.99 Å². The first kappa shape index (κ1) is 19.8. The van der Waals surface area contributed by atoms with Crippen LogP contribution in [0.5, 0.6) is 5.75 Å². The molecule has 2 aromatic rings. The number of aliphatic hydroxyl groups excluding tert-OH is 1. The van der Waals surface area contributed by atoms with E-state index in [-0.39, 0.29) is 5.60 Å². The highest BCUT2D eigenvalue weighted by atomic mass is 16.5. The highest BCUT2D eigenvalue weighted by Crippen LogP contribution is 2.23. The van der Waals surface area contributed by atoms with Crippen molar-refractivity contribution >= 4 is 5.96 Å². The van der Waals surface area contributed by atoms with Crippen LogP contribution >= 0.6 is 0 Å². The lowest BCUT2D eigenvalue weighted by Gasteiger charge is -2.23. The third-order valence-corrected chi connectivity index (χ3v) is 3.47. The molecule has 1 heterocycles. The summed E-state index contributed by atoms with van der Waals surface area (Å²) >= 11 is 0. The van der Waals surface area contributed by atoms with Crippen LogP contribution in [0.25, 0.3) is 0 Å². The summed E-state index contributed by atoms with van der Waals surface area (Å²) in [5.41, 5.74) is 0.738. The molecule has 0 spiro atoms. The van der Waals surface area contributed by atoms with Crippen molar-refractivity contribution in [1.29, 1.82) is 0 Å². The van der Waals surface area contributed by atoms with Crippen LogP contribution in [0.15, 0.2) is 52.1 Å². The Morgan fingerprint density at radius 3 is 2.62 bits per heavy atom. The Kier molecular flexibility index (Phi) is 7.09. The van der Waals surface area contributed by atoms with Crippen molar-refractivity contribution in [3.05, 3.63) is 54.0 Å². The van der Waals surface area contributed by atoms with Crippen molar-refractivity contribution in [3.8, 4) is 5.75 Å². The van der Waals surface area contributed by atoms with Crippen LogP contribution in [0.3, 0.4) is 0 Å². The van der Waals surface area contributed by atoms with Crippen LogP contribution in [0, 0.1) is 0 Å². The van der Waals surface area contributed by atoms with E-state index in [1.54, 1.807) is 18.4 Å². The summed E-state index contributed by atoms with van der Waals surface area (Å²) in [6.07, 6.45) is 0.814. The van der Waals surface area contributed by atoms with Crippen LogP contribution in [0.4, 0.5) is 0 Å². The monoisotopic (exact) mass is 359 g/mol. The third kappa shape index (κ3) is 6.44. The number of hydrogen-bond donors (Lipinski definition) is 3. The molecule has 6 heteroatoms. The Morgan fingerprint density at radius 2 is 1.96 bits per heavy atom. The highest BCUT2D eigenvalue weighted by Gasteiger charge is 2.14. The number of nitrogens with zero attached hydrogens (tertiary/aromatic N) is 1. The first-order valence-corrected chi connectivity index (χ1v) is 8.89. The fourth-order valence-corrected chi connectivity index (χ4v) is 2.34. The molecule has 0 radical (unpaired) electrons. The van der Waals surface area contributed by atoms with Crippen molar-refractivity contribution in [2.45, 2.75) is 45.9 Å². The molecular formula is C20H29N3O3. The highest BCUT2D eigenvalue weighted by molar-refractivity contribution is 5.79. The molecule has 0 saturated heterocycles. The molecule has 3 N–H and O–H groups in total. The van der Waals surface area contributed by atoms with Gasteiger partial charge in [0, 0.05) is 12.1 Å². The maximum Gasteiger partial charge on any atom is 0.191 e. The summed E-state index contributed by atoms with van der Waals surface area (Å²) in [5, 5.41) is 16.4. The topological polar surface area (TPSA) is 79.0 Å². The third-order valence-electron chi connectivity index (χ3n) is 3.47. The summed E-state index contributed by atoms with van der Waals surface area (Å²) < 4.78 is 11.2. The molecule has 1 atom stereocenters. The second kappa shape index (κ2) is 9.29. The maximum atomic E-state index is 10.1. The zero-order valence-electron chi connectivity index (χ0n) is 16.0. The number of ether oxygens (including phenoxy) is 1. The van der Waals surface area contributed by atoms with Crippen LogP contribution in [0.2, 0.25) is 0 Å². The maximum absolute atomic E-state index is 10.1. The van der Waals surface area contributed by atoms with Gasteiger partial charge in [-0.3, -0.25) is 0 Å². The molecule has 6 nitrogen and oxygen atoms in total. The molecule has 0 aliphatic rings. The summed E-state index contributed by atoms with van der Waals surface area (Å²) in [6.45, 7) is 9.57. The predicted molar refractivity (Wildman–Crippen MR) is 103 cm³/mol. The molecular weight excluding hydrogens is 330 g/mol. The fraction of sp³-hybridized carbons (Fsp3) is 0.450. The lowest BCUT2D eigenvalue weighted by molar-refractivity contribution is 0.129. The zero-order valence-corrected chi connectivity index (χ0v) is 16.0. The van der Waals surface area contributed by atoms with Crippen molar-refractivity contribution < 1.29 is 14.3 Å². The Hall–Kier alpha value is -2.47. The SMILES string of the molecule is CCNC(=NCc1ccccc1OC(C)(C)C)NCC(O)c1ccco1. The van der Waals surface area contributed by atoms with Gasteiger partial charge in [0.25, 0.3) is 0 Å². The van der Waals surface area contributed by atoms with Gasteiger partial charge in [0.2, 0.25) is 0 Å². The molecule has 1 unspecified atom stereocenters. The molecule has 1 aromatic carbocycles. The molecule has 0 aliphatic heterocycles. The standard InChI is InChI=1S/C20H29N3O3/c1-5-21-19(23-14-16(24)18-11-8-12-25-18)22-13-15-9-6-7-10-17(15)26-20(2,3)4/h6-12,16,24H,5,13-14H2,1-4H3,(H2,21,22,23). The number of para-hydroxylation sites is 1. The van der Waals surface area contributed by atoms with Crippen LogP contribution in [-0.2, 0) is 6.54 Å². The zero-order chi connectivity index (χ0) is 19.0. The van der Waals surface area contributed by atoms with Gasteiger partial charge >= 0.3 is 0 Å². The Bertz CT molecular complexity index is 691. The first-order chi connectivity index (χ1) is 12.4. The Balaban J connectivity index is 2.02. The van der Waals surface area contributed by atoms with Gasteiger partial charge in [-0.15, -0.1) is 0 Å². The van der Waals surface area contributed by atoms with Crippen LogP contribution in [-0.4, -0.2) is 29.8 Å². The van der Waals surface area contributed by atoms with E-state index in [1.807, 2.05) is 52.0 Å². The van der Waals surface area contributed by atoms with Crippen molar-refractivity contribution in [3.63, 3.8) is 0 Å². The van der Waals surface area contributed by atoms with E-state index in [1.165, 1.54) is 0 Å². The normalized spacial score (nSPS) is 13.3. The number of hydrogen-bond acceptors (Lipinski definition) is 4. The number of aliphatic imine (C=N–C) groups is 1. The molecule has 0 bridgehead atoms. The van der Waals surface area contributed by atoms with Gasteiger partial charge in [0.15, 0.2) is 5.96 Å². The van der Waals surface area contributed by atoms with Crippen molar-refractivity contribution in [2.75, 3.05) is 13.1 Å². The summed E-state index contributed by atoms with van der Waals surface area (Å²) in [6, 6.07) is 11.4. The second-order valence-corrected chi connectivity index (χ2v) is 6.93. The van der Waals surface area contributed by atoms with E-state index >= 15 is 0 Å². The van der Waals surface area contributed by atoms with E-state index in [2.05, 4.69) is 15.6 Å². The minimum absolute atomic E-state index is 0.268. The Labute approximate surface area is 155 Å². The molecule has 142 valence electrons. The number of furan rings is 1.